The van der Waals surface area contributed by atoms with E-state index in [1.165, 1.54) is 30.3 Å². The quantitative estimate of drug-likeness (QED) is 0.834. The van der Waals surface area contributed by atoms with Crippen molar-refractivity contribution in [2.45, 2.75) is 12.5 Å². The van der Waals surface area contributed by atoms with Crippen molar-refractivity contribution in [1.29, 1.82) is 0 Å². The lowest BCUT2D eigenvalue weighted by Gasteiger charge is -2.36. The van der Waals surface area contributed by atoms with E-state index in [0.29, 0.717) is 18.7 Å². The monoisotopic (exact) mass is 381 g/mol. The zero-order valence-corrected chi connectivity index (χ0v) is 15.1. The number of nitrogens with zero attached hydrogens (tertiary/aromatic N) is 1. The van der Waals surface area contributed by atoms with Crippen molar-refractivity contribution in [2.75, 3.05) is 31.5 Å². The van der Waals surface area contributed by atoms with Gasteiger partial charge in [0.05, 0.1) is 0 Å². The smallest absolute Gasteiger partial charge is 0.225 e. The summed E-state index contributed by atoms with van der Waals surface area (Å²) in [5.41, 5.74) is 1.49. The van der Waals surface area contributed by atoms with Crippen molar-refractivity contribution in [1.82, 2.24) is 10.2 Å². The maximum atomic E-state index is 13.5. The number of nitrogens with one attached hydrogen (secondary N) is 2. The predicted molar refractivity (Wildman–Crippen MR) is 100 cm³/mol. The summed E-state index contributed by atoms with van der Waals surface area (Å²) >= 11 is 0. The van der Waals surface area contributed by atoms with Crippen LogP contribution in [0, 0.1) is 11.6 Å². The van der Waals surface area contributed by atoms with Crippen LogP contribution >= 0.6 is 12.4 Å². The van der Waals surface area contributed by atoms with E-state index in [-0.39, 0.29) is 36.0 Å². The van der Waals surface area contributed by atoms with E-state index in [1.54, 1.807) is 12.1 Å². The number of amides is 1. The maximum Gasteiger partial charge on any atom is 0.225 e. The first-order chi connectivity index (χ1) is 12.1. The van der Waals surface area contributed by atoms with E-state index in [4.69, 9.17) is 0 Å². The van der Waals surface area contributed by atoms with Gasteiger partial charge in [-0.1, -0.05) is 12.1 Å². The van der Waals surface area contributed by atoms with Gasteiger partial charge in [0.1, 0.15) is 11.6 Å². The first-order valence-electron chi connectivity index (χ1n) is 8.37. The average Bonchev–Trinajstić information content (AvgIpc) is 2.62. The molecule has 1 atom stereocenters. The Hall–Kier alpha value is -2.02. The largest absolute Gasteiger partial charge is 0.326 e. The van der Waals surface area contributed by atoms with Crippen LogP contribution in [0.25, 0.3) is 0 Å². The number of halogens is 3. The van der Waals surface area contributed by atoms with E-state index in [9.17, 15) is 13.6 Å². The highest BCUT2D eigenvalue weighted by Crippen LogP contribution is 2.23. The molecule has 1 aliphatic heterocycles. The standard InChI is InChI=1S/C19H21F2N3O.ClH/c20-15-4-6-17(7-5-15)23-19(25)8-10-24-11-9-22-13-18(24)14-2-1-3-16(21)12-14;/h1-7,12,18,22H,8-11,13H2,(H,23,25);1H. The zero-order valence-electron chi connectivity index (χ0n) is 14.3. The molecule has 0 spiro atoms. The molecule has 1 heterocycles. The highest BCUT2D eigenvalue weighted by atomic mass is 35.5. The van der Waals surface area contributed by atoms with Crippen molar-refractivity contribution in [2.24, 2.45) is 0 Å². The SMILES string of the molecule is Cl.O=C(CCN1CCNCC1c1cccc(F)c1)Nc1ccc(F)cc1. The highest BCUT2D eigenvalue weighted by Gasteiger charge is 2.24. The molecule has 3 rings (SSSR count). The van der Waals surface area contributed by atoms with Gasteiger partial charge >= 0.3 is 0 Å². The summed E-state index contributed by atoms with van der Waals surface area (Å²) in [4.78, 5) is 14.3. The predicted octanol–water partition coefficient (Wildman–Crippen LogP) is 3.36. The number of carbonyl (C=O) groups excluding carboxylic acids is 1. The van der Waals surface area contributed by atoms with Crippen molar-refractivity contribution in [3.8, 4) is 0 Å². The minimum Gasteiger partial charge on any atom is -0.326 e. The molecule has 7 heteroatoms. The molecule has 0 saturated carbocycles. The fraction of sp³-hybridized carbons (Fsp3) is 0.316. The lowest BCUT2D eigenvalue weighted by Crippen LogP contribution is -2.46. The van der Waals surface area contributed by atoms with E-state index >= 15 is 0 Å². The molecule has 0 aliphatic carbocycles. The number of piperazine rings is 1. The summed E-state index contributed by atoms with van der Waals surface area (Å²) in [7, 11) is 0. The second kappa shape index (κ2) is 9.62. The molecule has 0 aromatic heterocycles. The fourth-order valence-corrected chi connectivity index (χ4v) is 3.06. The number of hydrogen-bond acceptors (Lipinski definition) is 3. The molecule has 1 amide bonds. The van der Waals surface area contributed by atoms with E-state index in [0.717, 1.165) is 25.2 Å². The molecule has 0 bridgehead atoms. The van der Waals surface area contributed by atoms with Gasteiger partial charge in [0.15, 0.2) is 0 Å². The summed E-state index contributed by atoms with van der Waals surface area (Å²) < 4.78 is 26.4. The first kappa shape index (κ1) is 20.3. The molecule has 0 radical (unpaired) electrons. The molecule has 1 fully saturated rings. The Balaban J connectivity index is 0.00000243. The Labute approximate surface area is 158 Å². The van der Waals surface area contributed by atoms with Crippen LogP contribution in [-0.2, 0) is 4.79 Å². The van der Waals surface area contributed by atoms with Gasteiger partial charge in [-0.2, -0.15) is 0 Å². The number of rotatable bonds is 5. The van der Waals surface area contributed by atoms with Gasteiger partial charge in [0.25, 0.3) is 0 Å². The Morgan fingerprint density at radius 3 is 2.65 bits per heavy atom. The first-order valence-corrected chi connectivity index (χ1v) is 8.37. The fourth-order valence-electron chi connectivity index (χ4n) is 3.06. The van der Waals surface area contributed by atoms with Gasteiger partial charge in [-0.3, -0.25) is 9.69 Å². The molecule has 4 nitrogen and oxygen atoms in total. The molecule has 26 heavy (non-hydrogen) atoms. The lowest BCUT2D eigenvalue weighted by atomic mass is 10.0. The molecule has 2 N–H and O–H groups in total. The molecule has 2 aromatic carbocycles. The van der Waals surface area contributed by atoms with E-state index in [2.05, 4.69) is 15.5 Å². The lowest BCUT2D eigenvalue weighted by molar-refractivity contribution is -0.116. The summed E-state index contributed by atoms with van der Waals surface area (Å²) in [6.07, 6.45) is 0.323. The summed E-state index contributed by atoms with van der Waals surface area (Å²) in [5.74, 6) is -0.711. The Bertz CT molecular complexity index is 727. The van der Waals surface area contributed by atoms with Crippen LogP contribution in [0.5, 0.6) is 0 Å². The van der Waals surface area contributed by atoms with Crippen molar-refractivity contribution < 1.29 is 13.6 Å². The normalized spacial score (nSPS) is 17.4. The third-order valence-corrected chi connectivity index (χ3v) is 4.34. The highest BCUT2D eigenvalue weighted by molar-refractivity contribution is 5.90. The molecule has 1 saturated heterocycles. The third-order valence-electron chi connectivity index (χ3n) is 4.34. The second-order valence-electron chi connectivity index (χ2n) is 6.12. The minimum atomic E-state index is -0.336. The molecule has 2 aromatic rings. The van der Waals surface area contributed by atoms with Crippen LogP contribution in [0.4, 0.5) is 14.5 Å². The summed E-state index contributed by atoms with van der Waals surface area (Å²) in [5, 5.41) is 6.08. The second-order valence-corrected chi connectivity index (χ2v) is 6.12. The van der Waals surface area contributed by atoms with Gasteiger partial charge in [-0.05, 0) is 42.0 Å². The average molecular weight is 382 g/mol. The Kier molecular flexibility index (Phi) is 7.50. The third kappa shape index (κ3) is 5.49. The Morgan fingerprint density at radius 2 is 1.92 bits per heavy atom. The topological polar surface area (TPSA) is 44.4 Å². The number of anilines is 1. The zero-order chi connectivity index (χ0) is 17.6. The van der Waals surface area contributed by atoms with Crippen molar-refractivity contribution >= 4 is 24.0 Å². The van der Waals surface area contributed by atoms with Crippen molar-refractivity contribution in [3.63, 3.8) is 0 Å². The summed E-state index contributed by atoms with van der Waals surface area (Å²) in [6, 6.07) is 12.3. The van der Waals surface area contributed by atoms with Crippen LogP contribution in [0.2, 0.25) is 0 Å². The maximum absolute atomic E-state index is 13.5. The van der Waals surface area contributed by atoms with E-state index < -0.39 is 0 Å². The van der Waals surface area contributed by atoms with Crippen LogP contribution in [-0.4, -0.2) is 37.0 Å². The van der Waals surface area contributed by atoms with Crippen LogP contribution < -0.4 is 10.6 Å². The van der Waals surface area contributed by atoms with E-state index in [1.807, 2.05) is 6.07 Å². The van der Waals surface area contributed by atoms with Crippen LogP contribution in [0.1, 0.15) is 18.0 Å². The molecular weight excluding hydrogens is 360 g/mol. The number of carbonyl (C=O) groups is 1. The van der Waals surface area contributed by atoms with Gasteiger partial charge < -0.3 is 10.6 Å². The number of hydrogen-bond donors (Lipinski definition) is 2. The molecule has 1 unspecified atom stereocenters. The molecule has 1 aliphatic rings. The molecule has 140 valence electrons. The molecular formula is C19H22ClF2N3O. The van der Waals surface area contributed by atoms with Crippen LogP contribution in [0.3, 0.4) is 0 Å². The minimum absolute atomic E-state index is 0. The number of benzene rings is 2. The van der Waals surface area contributed by atoms with Gasteiger partial charge in [0.2, 0.25) is 5.91 Å². The summed E-state index contributed by atoms with van der Waals surface area (Å²) in [6.45, 7) is 2.94. The van der Waals surface area contributed by atoms with Crippen LogP contribution in [0.15, 0.2) is 48.5 Å². The Morgan fingerprint density at radius 1 is 1.15 bits per heavy atom. The van der Waals surface area contributed by atoms with Gasteiger partial charge in [0, 0.05) is 44.3 Å². The van der Waals surface area contributed by atoms with Gasteiger partial charge in [-0.15, -0.1) is 12.4 Å². The van der Waals surface area contributed by atoms with Crippen molar-refractivity contribution in [3.05, 3.63) is 65.7 Å². The van der Waals surface area contributed by atoms with Gasteiger partial charge in [-0.25, -0.2) is 8.78 Å².